The number of aromatic nitrogens is 1. The molecular weight excluding hydrogens is 334 g/mol. The number of hydrogen-bond acceptors (Lipinski definition) is 2. The van der Waals surface area contributed by atoms with Crippen LogP contribution in [0.5, 0.6) is 0 Å². The van der Waals surface area contributed by atoms with Crippen LogP contribution in [0.25, 0.3) is 10.9 Å². The molecule has 2 aromatic rings. The fraction of sp³-hybridized carbons (Fsp3) is 0.591. The summed E-state index contributed by atoms with van der Waals surface area (Å²) >= 11 is 0. The van der Waals surface area contributed by atoms with Gasteiger partial charge < -0.3 is 20.5 Å². The average molecular weight is 372 g/mol. The molecule has 0 aliphatic rings. The van der Waals surface area contributed by atoms with Crippen LogP contribution >= 0.6 is 0 Å². The van der Waals surface area contributed by atoms with Crippen molar-refractivity contribution in [2.45, 2.75) is 53.0 Å². The molecule has 1 heterocycles. The summed E-state index contributed by atoms with van der Waals surface area (Å²) in [4.78, 5) is 10.3. The predicted molar refractivity (Wildman–Crippen MR) is 118 cm³/mol. The molecular formula is C22H37N5. The van der Waals surface area contributed by atoms with Crippen molar-refractivity contribution in [1.82, 2.24) is 20.5 Å². The Hall–Kier alpha value is -2.01. The molecule has 0 saturated heterocycles. The number of nitrogens with zero attached hydrogens (tertiary/aromatic N) is 2. The van der Waals surface area contributed by atoms with E-state index in [2.05, 4.69) is 77.5 Å². The minimum atomic E-state index is 0.418. The molecule has 1 unspecified atom stereocenters. The van der Waals surface area contributed by atoms with E-state index >= 15 is 0 Å². The zero-order valence-electron chi connectivity index (χ0n) is 17.7. The second-order valence-corrected chi connectivity index (χ2v) is 7.24. The molecule has 3 N–H and O–H groups in total. The third-order valence-electron chi connectivity index (χ3n) is 5.31. The number of rotatable bonds is 10. The Bertz CT molecular complexity index is 715. The van der Waals surface area contributed by atoms with Gasteiger partial charge in [-0.3, -0.25) is 4.99 Å². The summed E-state index contributed by atoms with van der Waals surface area (Å²) in [5, 5.41) is 8.31. The summed E-state index contributed by atoms with van der Waals surface area (Å²) < 4.78 is 0. The first-order valence-corrected chi connectivity index (χ1v) is 10.3. The van der Waals surface area contributed by atoms with Crippen molar-refractivity contribution >= 4 is 16.9 Å². The van der Waals surface area contributed by atoms with E-state index in [0.717, 1.165) is 38.4 Å². The summed E-state index contributed by atoms with van der Waals surface area (Å²) in [6.45, 7) is 13.2. The first-order valence-electron chi connectivity index (χ1n) is 10.3. The molecule has 0 aliphatic heterocycles. The quantitative estimate of drug-likeness (QED) is 0.441. The lowest BCUT2D eigenvalue weighted by Crippen LogP contribution is -2.43. The number of aliphatic imine (C=N–C) groups is 1. The smallest absolute Gasteiger partial charge is 0.191 e. The van der Waals surface area contributed by atoms with E-state index in [1.807, 2.05) is 7.05 Å². The first kappa shape index (κ1) is 21.3. The van der Waals surface area contributed by atoms with Crippen LogP contribution < -0.4 is 10.6 Å². The van der Waals surface area contributed by atoms with Gasteiger partial charge in [0.15, 0.2) is 5.96 Å². The Balaban J connectivity index is 1.77. The fourth-order valence-electron chi connectivity index (χ4n) is 3.62. The minimum absolute atomic E-state index is 0.418. The molecule has 5 nitrogen and oxygen atoms in total. The Morgan fingerprint density at radius 2 is 1.96 bits per heavy atom. The largest absolute Gasteiger partial charge is 0.358 e. The monoisotopic (exact) mass is 371 g/mol. The zero-order chi connectivity index (χ0) is 19.6. The van der Waals surface area contributed by atoms with Crippen LogP contribution in [-0.2, 0) is 6.42 Å². The van der Waals surface area contributed by atoms with Crippen LogP contribution in [0.2, 0.25) is 0 Å². The maximum absolute atomic E-state index is 4.38. The molecule has 5 heteroatoms. The van der Waals surface area contributed by atoms with Crippen molar-refractivity contribution in [2.24, 2.45) is 4.99 Å². The standard InChI is InChI=1S/C22H37N5/c1-6-27(7-2)16-10-11-17(3)25-22(23-5)24-15-14-19-18(4)26-21-13-9-8-12-20(19)21/h8-9,12-13,17,26H,6-7,10-11,14-16H2,1-5H3,(H2,23,24,25). The SMILES string of the molecule is CCN(CC)CCCC(C)NC(=NC)NCCc1c(C)[nH]c2ccccc12. The van der Waals surface area contributed by atoms with Gasteiger partial charge in [0, 0.05) is 36.2 Å². The molecule has 0 amide bonds. The number of nitrogens with one attached hydrogen (secondary N) is 3. The van der Waals surface area contributed by atoms with Crippen LogP contribution in [0.4, 0.5) is 0 Å². The fourth-order valence-corrected chi connectivity index (χ4v) is 3.62. The van der Waals surface area contributed by atoms with Crippen molar-refractivity contribution in [3.05, 3.63) is 35.5 Å². The highest BCUT2D eigenvalue weighted by atomic mass is 15.2. The van der Waals surface area contributed by atoms with Gasteiger partial charge >= 0.3 is 0 Å². The van der Waals surface area contributed by atoms with E-state index in [1.54, 1.807) is 0 Å². The Morgan fingerprint density at radius 1 is 1.22 bits per heavy atom. The number of benzene rings is 1. The molecule has 0 fully saturated rings. The zero-order valence-corrected chi connectivity index (χ0v) is 17.7. The first-order chi connectivity index (χ1) is 13.1. The third-order valence-corrected chi connectivity index (χ3v) is 5.31. The summed E-state index contributed by atoms with van der Waals surface area (Å²) in [6, 6.07) is 8.93. The van der Waals surface area contributed by atoms with Crippen LogP contribution in [-0.4, -0.2) is 55.1 Å². The Kier molecular flexibility index (Phi) is 8.65. The van der Waals surface area contributed by atoms with Gasteiger partial charge in [-0.1, -0.05) is 32.0 Å². The number of aromatic amines is 1. The molecule has 0 saturated carbocycles. The van der Waals surface area contributed by atoms with Gasteiger partial charge in [0.2, 0.25) is 0 Å². The normalized spacial score (nSPS) is 13.3. The second-order valence-electron chi connectivity index (χ2n) is 7.24. The van der Waals surface area contributed by atoms with Gasteiger partial charge in [0.1, 0.15) is 0 Å². The van der Waals surface area contributed by atoms with E-state index in [4.69, 9.17) is 0 Å². The molecule has 1 aromatic heterocycles. The number of guanidine groups is 1. The van der Waals surface area contributed by atoms with Gasteiger partial charge in [0.05, 0.1) is 0 Å². The molecule has 0 radical (unpaired) electrons. The number of fused-ring (bicyclic) bond motifs is 1. The van der Waals surface area contributed by atoms with E-state index in [9.17, 15) is 0 Å². The molecule has 27 heavy (non-hydrogen) atoms. The Morgan fingerprint density at radius 3 is 2.67 bits per heavy atom. The molecule has 150 valence electrons. The topological polar surface area (TPSA) is 55.4 Å². The molecule has 1 atom stereocenters. The predicted octanol–water partition coefficient (Wildman–Crippen LogP) is 3.69. The van der Waals surface area contributed by atoms with Crippen LogP contribution in [0, 0.1) is 6.92 Å². The molecule has 1 aromatic carbocycles. The second kappa shape index (κ2) is 11.0. The molecule has 0 bridgehead atoms. The van der Waals surface area contributed by atoms with Crippen molar-refractivity contribution in [1.29, 1.82) is 0 Å². The van der Waals surface area contributed by atoms with Crippen LogP contribution in [0.15, 0.2) is 29.3 Å². The van der Waals surface area contributed by atoms with E-state index in [-0.39, 0.29) is 0 Å². The van der Waals surface area contributed by atoms with Crippen molar-refractivity contribution < 1.29 is 0 Å². The van der Waals surface area contributed by atoms with E-state index in [0.29, 0.717) is 6.04 Å². The number of hydrogen-bond donors (Lipinski definition) is 3. The van der Waals surface area contributed by atoms with Crippen LogP contribution in [0.1, 0.15) is 44.9 Å². The van der Waals surface area contributed by atoms with Crippen LogP contribution in [0.3, 0.4) is 0 Å². The van der Waals surface area contributed by atoms with Crippen molar-refractivity contribution in [2.75, 3.05) is 33.2 Å². The Labute approximate surface area is 164 Å². The lowest BCUT2D eigenvalue weighted by molar-refractivity contribution is 0.292. The van der Waals surface area contributed by atoms with Crippen molar-refractivity contribution in [3.63, 3.8) is 0 Å². The summed E-state index contributed by atoms with van der Waals surface area (Å²) in [5.74, 6) is 0.892. The lowest BCUT2D eigenvalue weighted by Gasteiger charge is -2.21. The lowest BCUT2D eigenvalue weighted by atomic mass is 10.1. The summed E-state index contributed by atoms with van der Waals surface area (Å²) in [6.07, 6.45) is 3.34. The van der Waals surface area contributed by atoms with Crippen molar-refractivity contribution in [3.8, 4) is 0 Å². The highest BCUT2D eigenvalue weighted by Gasteiger charge is 2.09. The molecule has 2 rings (SSSR count). The number of aryl methyl sites for hydroxylation is 1. The maximum Gasteiger partial charge on any atom is 0.191 e. The third kappa shape index (κ3) is 6.28. The van der Waals surface area contributed by atoms with Gasteiger partial charge in [-0.25, -0.2) is 0 Å². The van der Waals surface area contributed by atoms with Gasteiger partial charge in [-0.15, -0.1) is 0 Å². The number of para-hydroxylation sites is 1. The highest BCUT2D eigenvalue weighted by molar-refractivity contribution is 5.84. The maximum atomic E-state index is 4.38. The average Bonchev–Trinajstić information content (AvgIpc) is 2.99. The molecule has 0 aliphatic carbocycles. The van der Waals surface area contributed by atoms with Gasteiger partial charge in [0.25, 0.3) is 0 Å². The highest BCUT2D eigenvalue weighted by Crippen LogP contribution is 2.21. The van der Waals surface area contributed by atoms with Gasteiger partial charge in [-0.2, -0.15) is 0 Å². The molecule has 0 spiro atoms. The summed E-state index contributed by atoms with van der Waals surface area (Å²) in [7, 11) is 1.84. The minimum Gasteiger partial charge on any atom is -0.358 e. The van der Waals surface area contributed by atoms with E-state index in [1.165, 1.54) is 35.1 Å². The number of H-pyrrole nitrogens is 1. The van der Waals surface area contributed by atoms with Gasteiger partial charge in [-0.05, 0) is 64.4 Å². The van der Waals surface area contributed by atoms with E-state index < -0.39 is 0 Å². The summed E-state index contributed by atoms with van der Waals surface area (Å²) in [5.41, 5.74) is 3.86.